The zero-order chi connectivity index (χ0) is 10.1. The Morgan fingerprint density at radius 3 is 2.62 bits per heavy atom. The van der Waals surface area contributed by atoms with E-state index in [9.17, 15) is 13.6 Å². The molecular formula is C8H15F2NOS. The summed E-state index contributed by atoms with van der Waals surface area (Å²) in [6, 6.07) is 0. The maximum Gasteiger partial charge on any atom is 0.315 e. The van der Waals surface area contributed by atoms with Crippen LogP contribution in [-0.2, 0) is 4.79 Å². The maximum atomic E-state index is 11.6. The van der Waals surface area contributed by atoms with Crippen LogP contribution in [0.3, 0.4) is 0 Å². The number of carbonyl (C=O) groups excluding carboxylic acids is 1. The van der Waals surface area contributed by atoms with Crippen molar-refractivity contribution in [1.29, 1.82) is 0 Å². The van der Waals surface area contributed by atoms with Gasteiger partial charge >= 0.3 is 6.43 Å². The van der Waals surface area contributed by atoms with Gasteiger partial charge in [0, 0.05) is 6.54 Å². The predicted molar refractivity (Wildman–Crippen MR) is 51.2 cm³/mol. The number of rotatable bonds is 7. The van der Waals surface area contributed by atoms with Crippen molar-refractivity contribution >= 4 is 17.7 Å². The number of unbranched alkanes of at least 4 members (excludes halogenated alkanes) is 2. The number of hydrogen-bond acceptors (Lipinski definition) is 2. The molecule has 78 valence electrons. The van der Waals surface area contributed by atoms with E-state index >= 15 is 0 Å². The number of thioether (sulfide) groups is 1. The summed E-state index contributed by atoms with van der Waals surface area (Å²) in [6.45, 7) is 0.359. The molecule has 0 radical (unpaired) electrons. The summed E-state index contributed by atoms with van der Waals surface area (Å²) >= 11 is 1.76. The van der Waals surface area contributed by atoms with Gasteiger partial charge in [0.2, 0.25) is 0 Å². The summed E-state index contributed by atoms with van der Waals surface area (Å²) in [4.78, 5) is 10.4. The summed E-state index contributed by atoms with van der Waals surface area (Å²) in [5.41, 5.74) is 0. The quantitative estimate of drug-likeness (QED) is 0.652. The summed E-state index contributed by atoms with van der Waals surface area (Å²) in [7, 11) is 0. The predicted octanol–water partition coefficient (Wildman–Crippen LogP) is 1.90. The monoisotopic (exact) mass is 211 g/mol. The molecule has 0 aliphatic rings. The van der Waals surface area contributed by atoms with Gasteiger partial charge in [0.25, 0.3) is 5.91 Å². The van der Waals surface area contributed by atoms with Crippen LogP contribution in [0.4, 0.5) is 8.78 Å². The molecule has 0 aromatic heterocycles. The Labute approximate surface area is 81.5 Å². The summed E-state index contributed by atoms with van der Waals surface area (Å²) in [6.07, 6.45) is 1.97. The van der Waals surface area contributed by atoms with E-state index in [1.807, 2.05) is 6.26 Å². The molecule has 0 rings (SSSR count). The third kappa shape index (κ3) is 8.02. The van der Waals surface area contributed by atoms with E-state index in [1.165, 1.54) is 0 Å². The Bertz CT molecular complexity index is 144. The second-order valence-electron chi connectivity index (χ2n) is 2.65. The summed E-state index contributed by atoms with van der Waals surface area (Å²) in [5.74, 6) is -0.0761. The Morgan fingerprint density at radius 1 is 1.38 bits per heavy atom. The van der Waals surface area contributed by atoms with E-state index in [0.717, 1.165) is 25.0 Å². The number of nitrogens with one attached hydrogen (secondary N) is 1. The second kappa shape index (κ2) is 8.29. The molecule has 0 spiro atoms. The smallest absolute Gasteiger partial charge is 0.315 e. The fraction of sp³-hybridized carbons (Fsp3) is 0.875. The molecule has 0 aromatic rings. The first-order valence-electron chi connectivity index (χ1n) is 4.23. The van der Waals surface area contributed by atoms with Crippen LogP contribution in [-0.4, -0.2) is 30.9 Å². The van der Waals surface area contributed by atoms with Crippen LogP contribution in [0.2, 0.25) is 0 Å². The van der Waals surface area contributed by atoms with Crippen molar-refractivity contribution in [2.45, 2.75) is 25.7 Å². The van der Waals surface area contributed by atoms with Crippen molar-refractivity contribution in [3.8, 4) is 0 Å². The topological polar surface area (TPSA) is 29.1 Å². The van der Waals surface area contributed by atoms with E-state index in [4.69, 9.17) is 0 Å². The van der Waals surface area contributed by atoms with Gasteiger partial charge in [-0.15, -0.1) is 0 Å². The van der Waals surface area contributed by atoms with Gasteiger partial charge in [-0.1, -0.05) is 6.42 Å². The van der Waals surface area contributed by atoms with Crippen LogP contribution in [0.1, 0.15) is 19.3 Å². The highest BCUT2D eigenvalue weighted by Crippen LogP contribution is 2.01. The van der Waals surface area contributed by atoms with Crippen LogP contribution in [0.25, 0.3) is 0 Å². The van der Waals surface area contributed by atoms with Crippen LogP contribution in [0.5, 0.6) is 0 Å². The lowest BCUT2D eigenvalue weighted by Crippen LogP contribution is -2.30. The average molecular weight is 211 g/mol. The third-order valence-electron chi connectivity index (χ3n) is 1.52. The van der Waals surface area contributed by atoms with Gasteiger partial charge < -0.3 is 5.32 Å². The molecule has 0 saturated carbocycles. The van der Waals surface area contributed by atoms with Crippen molar-refractivity contribution in [2.75, 3.05) is 18.6 Å². The van der Waals surface area contributed by atoms with E-state index < -0.39 is 12.3 Å². The Hall–Kier alpha value is -0.320. The minimum Gasteiger partial charge on any atom is -0.351 e. The summed E-state index contributed by atoms with van der Waals surface area (Å²) < 4.78 is 23.3. The first kappa shape index (κ1) is 12.7. The van der Waals surface area contributed by atoms with Crippen LogP contribution in [0, 0.1) is 0 Å². The molecule has 0 bridgehead atoms. The van der Waals surface area contributed by atoms with Crippen LogP contribution < -0.4 is 5.32 Å². The molecule has 0 fully saturated rings. The molecule has 0 atom stereocenters. The minimum absolute atomic E-state index is 0.359. The highest BCUT2D eigenvalue weighted by atomic mass is 32.2. The highest BCUT2D eigenvalue weighted by molar-refractivity contribution is 7.98. The molecule has 0 unspecified atom stereocenters. The van der Waals surface area contributed by atoms with Gasteiger partial charge in [0.05, 0.1) is 0 Å². The van der Waals surface area contributed by atoms with Crippen molar-refractivity contribution < 1.29 is 13.6 Å². The number of amides is 1. The maximum absolute atomic E-state index is 11.6. The van der Waals surface area contributed by atoms with Crippen molar-refractivity contribution in [1.82, 2.24) is 5.32 Å². The van der Waals surface area contributed by atoms with Crippen molar-refractivity contribution in [2.24, 2.45) is 0 Å². The van der Waals surface area contributed by atoms with Gasteiger partial charge in [0.1, 0.15) is 0 Å². The molecule has 0 aromatic carbocycles. The van der Waals surface area contributed by atoms with Crippen molar-refractivity contribution in [3.63, 3.8) is 0 Å². The lowest BCUT2D eigenvalue weighted by molar-refractivity contribution is -0.131. The van der Waals surface area contributed by atoms with Gasteiger partial charge in [-0.3, -0.25) is 4.79 Å². The molecule has 2 nitrogen and oxygen atoms in total. The normalized spacial score (nSPS) is 10.5. The Kier molecular flexibility index (Phi) is 8.08. The Morgan fingerprint density at radius 2 is 2.08 bits per heavy atom. The largest absolute Gasteiger partial charge is 0.351 e. The first-order chi connectivity index (χ1) is 6.18. The van der Waals surface area contributed by atoms with Gasteiger partial charge in [-0.05, 0) is 24.9 Å². The number of hydrogen-bond donors (Lipinski definition) is 1. The van der Waals surface area contributed by atoms with E-state index in [-0.39, 0.29) is 0 Å². The van der Waals surface area contributed by atoms with Crippen LogP contribution in [0.15, 0.2) is 0 Å². The van der Waals surface area contributed by atoms with E-state index in [0.29, 0.717) is 6.54 Å². The molecular weight excluding hydrogens is 196 g/mol. The Balaban J connectivity index is 3.12. The zero-order valence-electron chi connectivity index (χ0n) is 7.69. The second-order valence-corrected chi connectivity index (χ2v) is 3.63. The average Bonchev–Trinajstić information content (AvgIpc) is 2.10. The van der Waals surface area contributed by atoms with E-state index in [2.05, 4.69) is 5.32 Å². The third-order valence-corrected chi connectivity index (χ3v) is 2.22. The van der Waals surface area contributed by atoms with Gasteiger partial charge in [-0.2, -0.15) is 20.5 Å². The van der Waals surface area contributed by atoms with Crippen molar-refractivity contribution in [3.05, 3.63) is 0 Å². The molecule has 0 heterocycles. The summed E-state index contributed by atoms with van der Waals surface area (Å²) in [5, 5.41) is 2.16. The molecule has 0 aliphatic heterocycles. The fourth-order valence-corrected chi connectivity index (χ4v) is 1.33. The number of alkyl halides is 2. The lowest BCUT2D eigenvalue weighted by Gasteiger charge is -2.03. The van der Waals surface area contributed by atoms with E-state index in [1.54, 1.807) is 11.8 Å². The van der Waals surface area contributed by atoms with Gasteiger partial charge in [-0.25, -0.2) is 0 Å². The molecule has 1 N–H and O–H groups in total. The zero-order valence-corrected chi connectivity index (χ0v) is 8.50. The first-order valence-corrected chi connectivity index (χ1v) is 5.62. The standard InChI is InChI=1S/C8H15F2NOS/c1-13-6-4-2-3-5-11-8(12)7(9)10/h7H,2-6H2,1H3,(H,11,12). The number of carbonyl (C=O) groups is 1. The molecule has 1 amide bonds. The molecule has 0 saturated heterocycles. The van der Waals surface area contributed by atoms with Crippen LogP contribution >= 0.6 is 11.8 Å². The molecule has 0 aliphatic carbocycles. The lowest BCUT2D eigenvalue weighted by atomic mass is 10.2. The highest BCUT2D eigenvalue weighted by Gasteiger charge is 2.12. The number of halogens is 2. The molecule has 5 heteroatoms. The fourth-order valence-electron chi connectivity index (χ4n) is 0.837. The minimum atomic E-state index is -2.88. The van der Waals surface area contributed by atoms with Gasteiger partial charge in [0.15, 0.2) is 0 Å². The molecule has 13 heavy (non-hydrogen) atoms. The SMILES string of the molecule is CSCCCCCNC(=O)C(F)F.